The van der Waals surface area contributed by atoms with Crippen molar-refractivity contribution in [3.8, 4) is 11.3 Å². The van der Waals surface area contributed by atoms with Gasteiger partial charge in [-0.25, -0.2) is 0 Å². The molecule has 1 aromatic carbocycles. The second kappa shape index (κ2) is 6.79. The summed E-state index contributed by atoms with van der Waals surface area (Å²) < 4.78 is 2.00. The van der Waals surface area contributed by atoms with Crippen molar-refractivity contribution >= 4 is 5.91 Å². The highest BCUT2D eigenvalue weighted by Crippen LogP contribution is 2.33. The first kappa shape index (κ1) is 16.6. The molecule has 3 heterocycles. The number of aryl methyl sites for hydroxylation is 1. The van der Waals surface area contributed by atoms with Gasteiger partial charge in [0.15, 0.2) is 0 Å². The van der Waals surface area contributed by atoms with Crippen molar-refractivity contribution in [1.29, 1.82) is 0 Å². The van der Waals surface area contributed by atoms with E-state index in [1.54, 1.807) is 0 Å². The number of amides is 1. The van der Waals surface area contributed by atoms with Gasteiger partial charge in [0.25, 0.3) is 5.91 Å². The molecular formula is C22H23N3O. The summed E-state index contributed by atoms with van der Waals surface area (Å²) in [7, 11) is 1.96. The van der Waals surface area contributed by atoms with Gasteiger partial charge >= 0.3 is 0 Å². The first-order valence-electron chi connectivity index (χ1n) is 9.11. The third-order valence-electron chi connectivity index (χ3n) is 5.18. The average Bonchev–Trinajstić information content (AvgIpc) is 3.29. The predicted octanol–water partition coefficient (Wildman–Crippen LogP) is 4.37. The van der Waals surface area contributed by atoms with E-state index in [0.29, 0.717) is 0 Å². The molecule has 1 fully saturated rings. The fourth-order valence-electron chi connectivity index (χ4n) is 3.84. The molecule has 3 aromatic rings. The summed E-state index contributed by atoms with van der Waals surface area (Å²) in [6, 6.07) is 20.2. The van der Waals surface area contributed by atoms with Crippen LogP contribution in [0.5, 0.6) is 0 Å². The van der Waals surface area contributed by atoms with Crippen LogP contribution in [0.3, 0.4) is 0 Å². The van der Waals surface area contributed by atoms with Crippen LogP contribution in [-0.2, 0) is 7.05 Å². The van der Waals surface area contributed by atoms with E-state index in [0.717, 1.165) is 47.7 Å². The highest BCUT2D eigenvalue weighted by molar-refractivity contribution is 5.94. The van der Waals surface area contributed by atoms with Crippen molar-refractivity contribution < 1.29 is 4.79 Å². The summed E-state index contributed by atoms with van der Waals surface area (Å²) in [6.07, 6.45) is 1.99. The number of pyridine rings is 1. The summed E-state index contributed by atoms with van der Waals surface area (Å²) in [5.74, 6) is 0.0838. The molecular weight excluding hydrogens is 322 g/mol. The number of benzene rings is 1. The van der Waals surface area contributed by atoms with Crippen LogP contribution in [-0.4, -0.2) is 26.9 Å². The minimum atomic E-state index is 0.0671. The highest BCUT2D eigenvalue weighted by atomic mass is 16.2. The lowest BCUT2D eigenvalue weighted by Crippen LogP contribution is -2.32. The van der Waals surface area contributed by atoms with E-state index in [2.05, 4.69) is 17.1 Å². The Kier molecular flexibility index (Phi) is 4.33. The molecule has 1 saturated heterocycles. The summed E-state index contributed by atoms with van der Waals surface area (Å²) >= 11 is 0. The SMILES string of the molecule is Cc1cccc(C2CCCN2C(=O)c2ccc(-c3ccccc3)n2C)n1. The number of carbonyl (C=O) groups excluding carboxylic acids is 1. The third-order valence-corrected chi connectivity index (χ3v) is 5.18. The minimum absolute atomic E-state index is 0.0671. The molecule has 1 unspecified atom stereocenters. The predicted molar refractivity (Wildman–Crippen MR) is 103 cm³/mol. The molecule has 0 N–H and O–H groups in total. The number of hydrogen-bond acceptors (Lipinski definition) is 2. The number of rotatable bonds is 3. The maximum atomic E-state index is 13.3. The zero-order valence-corrected chi connectivity index (χ0v) is 15.2. The first-order valence-corrected chi connectivity index (χ1v) is 9.11. The molecule has 4 heteroatoms. The Bertz CT molecular complexity index is 930. The summed E-state index contributed by atoms with van der Waals surface area (Å²) in [4.78, 5) is 19.9. The van der Waals surface area contributed by atoms with Crippen LogP contribution in [0.2, 0.25) is 0 Å². The van der Waals surface area contributed by atoms with Crippen LogP contribution in [0.25, 0.3) is 11.3 Å². The summed E-state index contributed by atoms with van der Waals surface area (Å²) in [5.41, 5.74) is 4.88. The summed E-state index contributed by atoms with van der Waals surface area (Å²) in [5, 5.41) is 0. The van der Waals surface area contributed by atoms with Gasteiger partial charge < -0.3 is 9.47 Å². The van der Waals surface area contributed by atoms with Gasteiger partial charge in [-0.1, -0.05) is 36.4 Å². The molecule has 4 rings (SSSR count). The normalized spacial score (nSPS) is 16.8. The van der Waals surface area contributed by atoms with Gasteiger partial charge in [-0.15, -0.1) is 0 Å². The number of aromatic nitrogens is 2. The second-order valence-corrected chi connectivity index (χ2v) is 6.89. The molecule has 1 atom stereocenters. The largest absolute Gasteiger partial charge is 0.340 e. The summed E-state index contributed by atoms with van der Waals surface area (Å²) in [6.45, 7) is 2.78. The lowest BCUT2D eigenvalue weighted by molar-refractivity contribution is 0.0723. The van der Waals surface area contributed by atoms with Crippen LogP contribution in [0.4, 0.5) is 0 Å². The van der Waals surface area contributed by atoms with Crippen molar-refractivity contribution in [2.24, 2.45) is 7.05 Å². The van der Waals surface area contributed by atoms with Gasteiger partial charge in [0.2, 0.25) is 0 Å². The molecule has 0 spiro atoms. The van der Waals surface area contributed by atoms with Crippen molar-refractivity contribution in [2.75, 3.05) is 6.54 Å². The Morgan fingerprint density at radius 2 is 1.85 bits per heavy atom. The molecule has 0 saturated carbocycles. The van der Waals surface area contributed by atoms with Crippen LogP contribution in [0, 0.1) is 6.92 Å². The maximum absolute atomic E-state index is 13.3. The monoisotopic (exact) mass is 345 g/mol. The van der Waals surface area contributed by atoms with Gasteiger partial charge in [-0.2, -0.15) is 0 Å². The number of nitrogens with zero attached hydrogens (tertiary/aromatic N) is 3. The van der Waals surface area contributed by atoms with Crippen molar-refractivity contribution in [2.45, 2.75) is 25.8 Å². The Morgan fingerprint density at radius 1 is 1.04 bits per heavy atom. The van der Waals surface area contributed by atoms with Gasteiger partial charge in [-0.05, 0) is 49.6 Å². The van der Waals surface area contributed by atoms with Crippen LogP contribution in [0.1, 0.15) is 40.8 Å². The van der Waals surface area contributed by atoms with Crippen molar-refractivity contribution in [3.05, 3.63) is 77.7 Å². The van der Waals surface area contributed by atoms with Gasteiger partial charge in [0.1, 0.15) is 5.69 Å². The molecule has 132 valence electrons. The first-order chi connectivity index (χ1) is 12.6. The quantitative estimate of drug-likeness (QED) is 0.707. The molecule has 26 heavy (non-hydrogen) atoms. The van der Waals surface area contributed by atoms with E-state index in [4.69, 9.17) is 0 Å². The number of likely N-dealkylation sites (tertiary alicyclic amines) is 1. The molecule has 1 amide bonds. The highest BCUT2D eigenvalue weighted by Gasteiger charge is 2.32. The Labute approximate surface area is 154 Å². The fourth-order valence-corrected chi connectivity index (χ4v) is 3.84. The molecule has 2 aromatic heterocycles. The van der Waals surface area contributed by atoms with E-state index >= 15 is 0 Å². The smallest absolute Gasteiger partial charge is 0.271 e. The van der Waals surface area contributed by atoms with Gasteiger partial charge in [-0.3, -0.25) is 9.78 Å². The lowest BCUT2D eigenvalue weighted by Gasteiger charge is -2.25. The minimum Gasteiger partial charge on any atom is -0.340 e. The van der Waals surface area contributed by atoms with E-state index in [9.17, 15) is 4.79 Å². The zero-order valence-electron chi connectivity index (χ0n) is 15.2. The van der Waals surface area contributed by atoms with E-state index < -0.39 is 0 Å². The molecule has 0 aliphatic carbocycles. The molecule has 4 nitrogen and oxygen atoms in total. The van der Waals surface area contributed by atoms with E-state index in [1.165, 1.54) is 0 Å². The topological polar surface area (TPSA) is 38.1 Å². The Balaban J connectivity index is 1.64. The number of hydrogen-bond donors (Lipinski definition) is 0. The van der Waals surface area contributed by atoms with Gasteiger partial charge in [0.05, 0.1) is 11.7 Å². The molecule has 1 aliphatic heterocycles. The lowest BCUT2D eigenvalue weighted by atomic mass is 10.1. The molecule has 1 aliphatic rings. The van der Waals surface area contributed by atoms with Crippen LogP contribution < -0.4 is 0 Å². The van der Waals surface area contributed by atoms with Crippen LogP contribution in [0.15, 0.2) is 60.7 Å². The number of carbonyl (C=O) groups is 1. The Morgan fingerprint density at radius 3 is 2.62 bits per heavy atom. The van der Waals surface area contributed by atoms with Gasteiger partial charge in [0, 0.05) is 25.0 Å². The maximum Gasteiger partial charge on any atom is 0.271 e. The Hall–Kier alpha value is -2.88. The van der Waals surface area contributed by atoms with E-state index in [1.807, 2.05) is 72.0 Å². The molecule has 0 bridgehead atoms. The third kappa shape index (κ3) is 2.92. The molecule has 0 radical (unpaired) electrons. The standard InChI is InChI=1S/C22H23N3O/c1-16-8-6-11-18(23-16)20-12-7-15-25(20)22(26)21-14-13-19(24(21)2)17-9-4-3-5-10-17/h3-6,8-11,13-14,20H,7,12,15H2,1-2H3. The van der Waals surface area contributed by atoms with Crippen LogP contribution >= 0.6 is 0 Å². The second-order valence-electron chi connectivity index (χ2n) is 6.89. The van der Waals surface area contributed by atoms with Crippen molar-refractivity contribution in [1.82, 2.24) is 14.5 Å². The zero-order chi connectivity index (χ0) is 18.1. The fraction of sp³-hybridized carbons (Fsp3) is 0.273. The van der Waals surface area contributed by atoms with E-state index in [-0.39, 0.29) is 11.9 Å². The average molecular weight is 345 g/mol. The van der Waals surface area contributed by atoms with Crippen molar-refractivity contribution in [3.63, 3.8) is 0 Å².